The van der Waals surface area contributed by atoms with E-state index in [1.165, 1.54) is 0 Å². The number of carbonyl (C=O) groups is 1. The summed E-state index contributed by atoms with van der Waals surface area (Å²) in [6, 6.07) is 3.04. The van der Waals surface area contributed by atoms with Crippen LogP contribution >= 0.6 is 0 Å². The van der Waals surface area contributed by atoms with Gasteiger partial charge in [0.2, 0.25) is 5.91 Å². The third-order valence-electron chi connectivity index (χ3n) is 3.11. The molecule has 0 unspecified atom stereocenters. The van der Waals surface area contributed by atoms with E-state index in [1.807, 2.05) is 4.90 Å². The van der Waals surface area contributed by atoms with Crippen LogP contribution in [0.1, 0.15) is 12.8 Å². The Morgan fingerprint density at radius 3 is 3.00 bits per heavy atom. The number of rotatable bonds is 3. The number of hydrogen-bond acceptors (Lipinski definition) is 3. The van der Waals surface area contributed by atoms with E-state index >= 15 is 0 Å². The third-order valence-corrected chi connectivity index (χ3v) is 3.11. The van der Waals surface area contributed by atoms with Crippen molar-refractivity contribution in [1.82, 2.24) is 4.90 Å². The van der Waals surface area contributed by atoms with E-state index in [9.17, 15) is 13.6 Å². The van der Waals surface area contributed by atoms with Crippen molar-refractivity contribution in [2.24, 2.45) is 5.73 Å². The number of likely N-dealkylation sites (tertiary alicyclic amines) is 1. The second-order valence-corrected chi connectivity index (χ2v) is 4.81. The van der Waals surface area contributed by atoms with Crippen molar-refractivity contribution in [2.45, 2.75) is 18.9 Å². The van der Waals surface area contributed by atoms with Crippen LogP contribution in [0.5, 0.6) is 0 Å². The monoisotopic (exact) mass is 269 g/mol. The first-order valence-corrected chi connectivity index (χ1v) is 6.27. The molecule has 0 aromatic heterocycles. The first-order valence-electron chi connectivity index (χ1n) is 6.27. The summed E-state index contributed by atoms with van der Waals surface area (Å²) in [5.74, 6) is -1.60. The fourth-order valence-electron chi connectivity index (χ4n) is 2.22. The first-order chi connectivity index (χ1) is 9.04. The van der Waals surface area contributed by atoms with E-state index in [4.69, 9.17) is 5.73 Å². The van der Waals surface area contributed by atoms with E-state index in [1.54, 1.807) is 0 Å². The normalized spacial score (nSPS) is 20.3. The number of nitrogens with one attached hydrogen (secondary N) is 1. The van der Waals surface area contributed by atoms with Gasteiger partial charge in [-0.3, -0.25) is 9.69 Å². The van der Waals surface area contributed by atoms with Gasteiger partial charge in [0.15, 0.2) is 0 Å². The van der Waals surface area contributed by atoms with Gasteiger partial charge in [-0.15, -0.1) is 0 Å². The number of carbonyl (C=O) groups excluding carboxylic acids is 1. The van der Waals surface area contributed by atoms with E-state index < -0.39 is 11.6 Å². The standard InChI is InChI=1S/C13H17F2N3O/c14-9-3-4-11(15)12(6-9)17-13(19)8-18-5-1-2-10(16)7-18/h3-4,6,10H,1-2,5,7-8,16H2,(H,17,19)/t10-/m1/s1. The zero-order valence-corrected chi connectivity index (χ0v) is 10.5. The lowest BCUT2D eigenvalue weighted by molar-refractivity contribution is -0.117. The molecule has 1 saturated heterocycles. The lowest BCUT2D eigenvalue weighted by Gasteiger charge is -2.29. The highest BCUT2D eigenvalue weighted by Gasteiger charge is 2.19. The van der Waals surface area contributed by atoms with Crippen molar-refractivity contribution in [3.63, 3.8) is 0 Å². The Morgan fingerprint density at radius 2 is 2.26 bits per heavy atom. The fraction of sp³-hybridized carbons (Fsp3) is 0.462. The minimum atomic E-state index is -0.648. The lowest BCUT2D eigenvalue weighted by atomic mass is 10.1. The molecule has 0 bridgehead atoms. The summed E-state index contributed by atoms with van der Waals surface area (Å²) in [4.78, 5) is 13.7. The van der Waals surface area contributed by atoms with Gasteiger partial charge in [0.05, 0.1) is 12.2 Å². The summed E-state index contributed by atoms with van der Waals surface area (Å²) < 4.78 is 26.3. The molecule has 1 heterocycles. The Bertz CT molecular complexity index is 467. The van der Waals surface area contributed by atoms with E-state index in [-0.39, 0.29) is 24.2 Å². The molecule has 2 rings (SSSR count). The number of anilines is 1. The summed E-state index contributed by atoms with van der Waals surface area (Å²) in [5, 5.41) is 2.38. The van der Waals surface area contributed by atoms with E-state index in [2.05, 4.69) is 5.32 Å². The van der Waals surface area contributed by atoms with Crippen molar-refractivity contribution in [1.29, 1.82) is 0 Å². The predicted octanol–water partition coefficient (Wildman–Crippen LogP) is 1.33. The number of nitrogens with two attached hydrogens (primary N) is 1. The van der Waals surface area contributed by atoms with Crippen molar-refractivity contribution < 1.29 is 13.6 Å². The Morgan fingerprint density at radius 1 is 1.47 bits per heavy atom. The summed E-state index contributed by atoms with van der Waals surface area (Å²) in [7, 11) is 0. The van der Waals surface area contributed by atoms with Crippen LogP contribution in [0.4, 0.5) is 14.5 Å². The quantitative estimate of drug-likeness (QED) is 0.870. The van der Waals surface area contributed by atoms with Gasteiger partial charge in [-0.1, -0.05) is 0 Å². The second kappa shape index (κ2) is 6.08. The van der Waals surface area contributed by atoms with Crippen molar-refractivity contribution in [2.75, 3.05) is 25.0 Å². The first kappa shape index (κ1) is 13.9. The minimum absolute atomic E-state index is 0.0763. The number of benzene rings is 1. The van der Waals surface area contributed by atoms with Gasteiger partial charge in [-0.25, -0.2) is 8.78 Å². The number of amides is 1. The molecule has 1 aliphatic rings. The molecule has 0 radical (unpaired) electrons. The molecule has 1 fully saturated rings. The third kappa shape index (κ3) is 3.97. The van der Waals surface area contributed by atoms with Crippen LogP contribution in [0.3, 0.4) is 0 Å². The van der Waals surface area contributed by atoms with Crippen LogP contribution in [0.2, 0.25) is 0 Å². The van der Waals surface area contributed by atoms with Crippen LogP contribution in [0, 0.1) is 11.6 Å². The van der Waals surface area contributed by atoms with E-state index in [0.29, 0.717) is 6.54 Å². The molecular formula is C13H17F2N3O. The average molecular weight is 269 g/mol. The molecule has 6 heteroatoms. The zero-order chi connectivity index (χ0) is 13.8. The van der Waals surface area contributed by atoms with Gasteiger partial charge in [-0.05, 0) is 31.5 Å². The number of halogens is 2. The molecule has 19 heavy (non-hydrogen) atoms. The molecule has 1 aromatic rings. The molecule has 0 spiro atoms. The summed E-state index contributed by atoms with van der Waals surface area (Å²) in [6.07, 6.45) is 1.90. The van der Waals surface area contributed by atoms with Gasteiger partial charge in [-0.2, -0.15) is 0 Å². The molecule has 4 nitrogen and oxygen atoms in total. The van der Waals surface area contributed by atoms with Gasteiger partial charge in [0.25, 0.3) is 0 Å². The maximum atomic E-state index is 13.4. The smallest absolute Gasteiger partial charge is 0.238 e. The summed E-state index contributed by atoms with van der Waals surface area (Å²) >= 11 is 0. The lowest BCUT2D eigenvalue weighted by Crippen LogP contribution is -2.45. The Kier molecular flexibility index (Phi) is 4.44. The maximum absolute atomic E-state index is 13.4. The molecule has 104 valence electrons. The highest BCUT2D eigenvalue weighted by atomic mass is 19.1. The highest BCUT2D eigenvalue weighted by Crippen LogP contribution is 2.15. The fourth-order valence-corrected chi connectivity index (χ4v) is 2.22. The molecule has 0 aliphatic carbocycles. The molecular weight excluding hydrogens is 252 g/mol. The Balaban J connectivity index is 1.92. The predicted molar refractivity (Wildman–Crippen MR) is 68.6 cm³/mol. The van der Waals surface area contributed by atoms with Gasteiger partial charge >= 0.3 is 0 Å². The molecule has 1 aliphatic heterocycles. The molecule has 1 amide bonds. The molecule has 1 atom stereocenters. The SMILES string of the molecule is N[C@@H]1CCCN(CC(=O)Nc2cc(F)ccc2F)C1. The largest absolute Gasteiger partial charge is 0.327 e. The van der Waals surface area contributed by atoms with Gasteiger partial charge < -0.3 is 11.1 Å². The van der Waals surface area contributed by atoms with Crippen LogP contribution in [-0.4, -0.2) is 36.5 Å². The Labute approximate surface area is 110 Å². The van der Waals surface area contributed by atoms with Gasteiger partial charge in [0.1, 0.15) is 11.6 Å². The van der Waals surface area contributed by atoms with Crippen molar-refractivity contribution >= 4 is 11.6 Å². The van der Waals surface area contributed by atoms with Crippen LogP contribution in [0.25, 0.3) is 0 Å². The average Bonchev–Trinajstić information content (AvgIpc) is 2.34. The molecule has 0 saturated carbocycles. The van der Waals surface area contributed by atoms with Gasteiger partial charge in [0, 0.05) is 18.7 Å². The number of hydrogen-bond donors (Lipinski definition) is 2. The van der Waals surface area contributed by atoms with Crippen LogP contribution in [0.15, 0.2) is 18.2 Å². The van der Waals surface area contributed by atoms with E-state index in [0.717, 1.165) is 37.6 Å². The molecule has 3 N–H and O–H groups in total. The second-order valence-electron chi connectivity index (χ2n) is 4.81. The summed E-state index contributed by atoms with van der Waals surface area (Å²) in [5.41, 5.74) is 5.68. The van der Waals surface area contributed by atoms with Crippen molar-refractivity contribution in [3.05, 3.63) is 29.8 Å². The van der Waals surface area contributed by atoms with Crippen LogP contribution in [-0.2, 0) is 4.79 Å². The topological polar surface area (TPSA) is 58.4 Å². The minimum Gasteiger partial charge on any atom is -0.327 e. The zero-order valence-electron chi connectivity index (χ0n) is 10.5. The van der Waals surface area contributed by atoms with Crippen LogP contribution < -0.4 is 11.1 Å². The number of piperidine rings is 1. The maximum Gasteiger partial charge on any atom is 0.238 e. The number of nitrogens with zero attached hydrogens (tertiary/aromatic N) is 1. The highest BCUT2D eigenvalue weighted by molar-refractivity contribution is 5.92. The summed E-state index contributed by atoms with van der Waals surface area (Å²) in [6.45, 7) is 1.59. The Hall–Kier alpha value is -1.53. The van der Waals surface area contributed by atoms with Crippen molar-refractivity contribution in [3.8, 4) is 0 Å². The molecule has 1 aromatic carbocycles.